The van der Waals surface area contributed by atoms with Crippen molar-refractivity contribution in [3.63, 3.8) is 0 Å². The Hall–Kier alpha value is -1.26. The van der Waals surface area contributed by atoms with Crippen molar-refractivity contribution in [3.8, 4) is 0 Å². The van der Waals surface area contributed by atoms with Crippen LogP contribution in [0, 0.1) is 12.7 Å². The van der Waals surface area contributed by atoms with E-state index in [1.54, 1.807) is 17.4 Å². The van der Waals surface area contributed by atoms with E-state index < -0.39 is 0 Å². The maximum atomic E-state index is 13.2. The van der Waals surface area contributed by atoms with Gasteiger partial charge in [-0.15, -0.1) is 11.3 Å². The van der Waals surface area contributed by atoms with Gasteiger partial charge in [-0.2, -0.15) is 0 Å². The molecule has 0 spiro atoms. The van der Waals surface area contributed by atoms with E-state index in [1.807, 2.05) is 24.6 Å². The van der Waals surface area contributed by atoms with Gasteiger partial charge in [0.05, 0.1) is 6.04 Å². The number of aryl methyl sites for hydroxylation is 1. The maximum absolute atomic E-state index is 13.2. The quantitative estimate of drug-likeness (QED) is 0.887. The Labute approximate surface area is 111 Å². The largest absolute Gasteiger partial charge is 0.304 e. The SMILES string of the molecule is CCC(NCc1cc(F)ccc1C)c1nccs1. The van der Waals surface area contributed by atoms with E-state index in [0.717, 1.165) is 22.6 Å². The second-order valence-electron chi connectivity index (χ2n) is 4.28. The number of benzene rings is 1. The Morgan fingerprint density at radius 1 is 1.44 bits per heavy atom. The first-order valence-corrected chi connectivity index (χ1v) is 6.96. The standard InChI is InChI=1S/C14H17FN2S/c1-3-13(14-16-6-7-18-14)17-9-11-8-12(15)5-4-10(11)2/h4-8,13,17H,3,9H2,1-2H3. The van der Waals surface area contributed by atoms with Crippen molar-refractivity contribution in [2.45, 2.75) is 32.9 Å². The second kappa shape index (κ2) is 6.07. The predicted octanol–water partition coefficient (Wildman–Crippen LogP) is 3.83. The van der Waals surface area contributed by atoms with Crippen LogP contribution in [0.5, 0.6) is 0 Å². The number of nitrogens with one attached hydrogen (secondary N) is 1. The van der Waals surface area contributed by atoms with Crippen LogP contribution in [0.1, 0.15) is 35.5 Å². The monoisotopic (exact) mass is 264 g/mol. The Balaban J connectivity index is 2.04. The number of nitrogens with zero attached hydrogens (tertiary/aromatic N) is 1. The molecule has 4 heteroatoms. The minimum absolute atomic E-state index is 0.181. The van der Waals surface area contributed by atoms with Crippen LogP contribution in [0.15, 0.2) is 29.8 Å². The molecule has 2 aromatic rings. The molecule has 96 valence electrons. The zero-order valence-corrected chi connectivity index (χ0v) is 11.4. The van der Waals surface area contributed by atoms with Crippen LogP contribution < -0.4 is 5.32 Å². The number of aromatic nitrogens is 1. The predicted molar refractivity (Wildman–Crippen MR) is 73.1 cm³/mol. The summed E-state index contributed by atoms with van der Waals surface area (Å²) >= 11 is 1.65. The van der Waals surface area contributed by atoms with Crippen LogP contribution in [-0.4, -0.2) is 4.98 Å². The van der Waals surface area contributed by atoms with Crippen molar-refractivity contribution in [2.75, 3.05) is 0 Å². The fourth-order valence-corrected chi connectivity index (χ4v) is 2.67. The smallest absolute Gasteiger partial charge is 0.123 e. The third kappa shape index (κ3) is 3.15. The molecule has 1 unspecified atom stereocenters. The number of rotatable bonds is 5. The van der Waals surface area contributed by atoms with Gasteiger partial charge in [-0.25, -0.2) is 9.37 Å². The van der Waals surface area contributed by atoms with Crippen LogP contribution in [0.3, 0.4) is 0 Å². The van der Waals surface area contributed by atoms with Gasteiger partial charge in [0.1, 0.15) is 10.8 Å². The molecule has 2 nitrogen and oxygen atoms in total. The average Bonchev–Trinajstić information content (AvgIpc) is 2.88. The summed E-state index contributed by atoms with van der Waals surface area (Å²) in [4.78, 5) is 4.32. The molecule has 1 aromatic carbocycles. The number of halogens is 1. The Bertz CT molecular complexity index is 497. The first kappa shape index (κ1) is 13.2. The highest BCUT2D eigenvalue weighted by Crippen LogP contribution is 2.20. The second-order valence-corrected chi connectivity index (χ2v) is 5.21. The van der Waals surface area contributed by atoms with Crippen LogP contribution in [0.4, 0.5) is 4.39 Å². The van der Waals surface area contributed by atoms with Gasteiger partial charge in [-0.1, -0.05) is 13.0 Å². The molecule has 0 radical (unpaired) electrons. The zero-order chi connectivity index (χ0) is 13.0. The molecule has 0 aliphatic carbocycles. The molecule has 0 amide bonds. The van der Waals surface area contributed by atoms with Crippen LogP contribution in [0.2, 0.25) is 0 Å². The van der Waals surface area contributed by atoms with Gasteiger partial charge >= 0.3 is 0 Å². The summed E-state index contributed by atoms with van der Waals surface area (Å²) in [6, 6.07) is 5.15. The first-order chi connectivity index (χ1) is 8.70. The lowest BCUT2D eigenvalue weighted by atomic mass is 10.1. The van der Waals surface area contributed by atoms with Crippen molar-refractivity contribution in [1.82, 2.24) is 10.3 Å². The molecular weight excluding hydrogens is 247 g/mol. The Morgan fingerprint density at radius 3 is 2.94 bits per heavy atom. The van der Waals surface area contributed by atoms with E-state index in [1.165, 1.54) is 6.07 Å². The molecule has 0 aliphatic heterocycles. The average molecular weight is 264 g/mol. The van der Waals surface area contributed by atoms with Crippen molar-refractivity contribution in [1.29, 1.82) is 0 Å². The van der Waals surface area contributed by atoms with Gasteiger partial charge < -0.3 is 5.32 Å². The van der Waals surface area contributed by atoms with Crippen molar-refractivity contribution >= 4 is 11.3 Å². The molecule has 0 aliphatic rings. The highest BCUT2D eigenvalue weighted by Gasteiger charge is 2.11. The lowest BCUT2D eigenvalue weighted by Gasteiger charge is -2.15. The van der Waals surface area contributed by atoms with Gasteiger partial charge in [0.25, 0.3) is 0 Å². The number of hydrogen-bond donors (Lipinski definition) is 1. The zero-order valence-electron chi connectivity index (χ0n) is 10.6. The summed E-state index contributed by atoms with van der Waals surface area (Å²) in [5.74, 6) is -0.181. The summed E-state index contributed by atoms with van der Waals surface area (Å²) in [5, 5.41) is 6.51. The summed E-state index contributed by atoms with van der Waals surface area (Å²) < 4.78 is 13.2. The number of thiazole rings is 1. The fourth-order valence-electron chi connectivity index (χ4n) is 1.88. The summed E-state index contributed by atoms with van der Waals surface area (Å²) in [6.07, 6.45) is 2.79. The Morgan fingerprint density at radius 2 is 2.28 bits per heavy atom. The number of hydrogen-bond acceptors (Lipinski definition) is 3. The molecule has 1 heterocycles. The van der Waals surface area contributed by atoms with Crippen molar-refractivity contribution in [2.24, 2.45) is 0 Å². The van der Waals surface area contributed by atoms with Gasteiger partial charge in [-0.05, 0) is 36.6 Å². The van der Waals surface area contributed by atoms with E-state index in [4.69, 9.17) is 0 Å². The van der Waals surface area contributed by atoms with E-state index in [0.29, 0.717) is 6.54 Å². The van der Waals surface area contributed by atoms with Crippen molar-refractivity contribution < 1.29 is 4.39 Å². The van der Waals surface area contributed by atoms with Crippen molar-refractivity contribution in [3.05, 3.63) is 51.7 Å². The summed E-state index contributed by atoms with van der Waals surface area (Å²) in [6.45, 7) is 4.79. The molecule has 1 atom stereocenters. The summed E-state index contributed by atoms with van der Waals surface area (Å²) in [7, 11) is 0. The van der Waals surface area contributed by atoms with Gasteiger partial charge in [0, 0.05) is 18.1 Å². The van der Waals surface area contributed by atoms with Crippen LogP contribution in [0.25, 0.3) is 0 Å². The maximum Gasteiger partial charge on any atom is 0.123 e. The summed E-state index contributed by atoms with van der Waals surface area (Å²) in [5.41, 5.74) is 2.11. The molecule has 0 saturated carbocycles. The van der Waals surface area contributed by atoms with Crippen LogP contribution >= 0.6 is 11.3 Å². The Kier molecular flexibility index (Phi) is 4.44. The fraction of sp³-hybridized carbons (Fsp3) is 0.357. The van der Waals surface area contributed by atoms with E-state index in [9.17, 15) is 4.39 Å². The lowest BCUT2D eigenvalue weighted by Crippen LogP contribution is -2.20. The molecule has 0 bridgehead atoms. The highest BCUT2D eigenvalue weighted by molar-refractivity contribution is 7.09. The van der Waals surface area contributed by atoms with E-state index in [2.05, 4.69) is 17.2 Å². The molecule has 1 N–H and O–H groups in total. The van der Waals surface area contributed by atoms with Gasteiger partial charge in [0.2, 0.25) is 0 Å². The molecule has 0 fully saturated rings. The first-order valence-electron chi connectivity index (χ1n) is 6.08. The lowest BCUT2D eigenvalue weighted by molar-refractivity contribution is 0.514. The van der Waals surface area contributed by atoms with Gasteiger partial charge in [-0.3, -0.25) is 0 Å². The topological polar surface area (TPSA) is 24.9 Å². The minimum Gasteiger partial charge on any atom is -0.304 e. The minimum atomic E-state index is -0.181. The van der Waals surface area contributed by atoms with E-state index in [-0.39, 0.29) is 11.9 Å². The normalized spacial score (nSPS) is 12.6. The molecular formula is C14H17FN2S. The van der Waals surface area contributed by atoms with E-state index >= 15 is 0 Å². The molecule has 0 saturated heterocycles. The third-order valence-electron chi connectivity index (χ3n) is 3.01. The third-order valence-corrected chi connectivity index (χ3v) is 3.90. The molecule has 2 rings (SSSR count). The van der Waals surface area contributed by atoms with Gasteiger partial charge in [0.15, 0.2) is 0 Å². The molecule has 18 heavy (non-hydrogen) atoms. The van der Waals surface area contributed by atoms with Crippen LogP contribution in [-0.2, 0) is 6.54 Å². The highest BCUT2D eigenvalue weighted by atomic mass is 32.1. The molecule has 1 aromatic heterocycles.